The Hall–Kier alpha value is -2.83. The van der Waals surface area contributed by atoms with Gasteiger partial charge in [-0.15, -0.1) is 0 Å². The fraction of sp³-hybridized carbons (Fsp3) is 0.316. The molecule has 0 aromatic heterocycles. The lowest BCUT2D eigenvalue weighted by atomic mass is 10.1. The van der Waals surface area contributed by atoms with Crippen molar-refractivity contribution >= 4 is 5.91 Å². The highest BCUT2D eigenvalue weighted by Crippen LogP contribution is 2.29. The summed E-state index contributed by atoms with van der Waals surface area (Å²) in [6.45, 7) is -0.601. The quantitative estimate of drug-likeness (QED) is 0.777. The maximum atomic E-state index is 12.3. The van der Waals surface area contributed by atoms with E-state index in [0.29, 0.717) is 30.0 Å². The van der Waals surface area contributed by atoms with E-state index in [1.807, 2.05) is 6.92 Å². The average Bonchev–Trinajstić information content (AvgIpc) is 2.62. The number of amides is 1. The van der Waals surface area contributed by atoms with Crippen LogP contribution in [0.25, 0.3) is 0 Å². The molecular weight excluding hydrogens is 344 g/mol. The van der Waals surface area contributed by atoms with Crippen molar-refractivity contribution < 1.29 is 27.8 Å². The van der Waals surface area contributed by atoms with E-state index >= 15 is 0 Å². The van der Waals surface area contributed by atoms with Crippen LogP contribution in [0.5, 0.6) is 17.2 Å². The molecule has 0 aliphatic heterocycles. The standard InChI is InChI=1S/C19H21F2NO4/c1-12-16(24-2)10-14(11-17(12)25-3)18(23)22-9-8-13-4-6-15(7-5-13)26-19(20)21/h4-7,10-11,19H,8-9H2,1-3H3,(H,22,23). The first-order valence-electron chi connectivity index (χ1n) is 7.99. The Morgan fingerprint density at radius 1 is 1.08 bits per heavy atom. The van der Waals surface area contributed by atoms with Gasteiger partial charge in [0.2, 0.25) is 0 Å². The van der Waals surface area contributed by atoms with Crippen LogP contribution < -0.4 is 19.5 Å². The van der Waals surface area contributed by atoms with Gasteiger partial charge < -0.3 is 19.5 Å². The molecule has 0 radical (unpaired) electrons. The molecule has 0 fully saturated rings. The largest absolute Gasteiger partial charge is 0.496 e. The van der Waals surface area contributed by atoms with Gasteiger partial charge in [0.15, 0.2) is 0 Å². The topological polar surface area (TPSA) is 56.8 Å². The number of halogens is 2. The molecule has 0 saturated carbocycles. The first-order valence-corrected chi connectivity index (χ1v) is 7.99. The lowest BCUT2D eigenvalue weighted by Crippen LogP contribution is -2.25. The second-order valence-corrected chi connectivity index (χ2v) is 5.53. The van der Waals surface area contributed by atoms with Crippen LogP contribution in [-0.4, -0.2) is 33.3 Å². The number of benzene rings is 2. The molecule has 1 N–H and O–H groups in total. The molecule has 140 valence electrons. The van der Waals surface area contributed by atoms with E-state index in [1.165, 1.54) is 26.4 Å². The number of carbonyl (C=O) groups is 1. The maximum absolute atomic E-state index is 12.3. The lowest BCUT2D eigenvalue weighted by molar-refractivity contribution is -0.0498. The number of carbonyl (C=O) groups excluding carboxylic acids is 1. The third-order valence-corrected chi connectivity index (χ3v) is 3.86. The number of alkyl halides is 2. The zero-order valence-corrected chi connectivity index (χ0v) is 14.8. The number of hydrogen-bond donors (Lipinski definition) is 1. The van der Waals surface area contributed by atoms with Crippen LogP contribution in [0, 0.1) is 6.92 Å². The molecule has 0 spiro atoms. The van der Waals surface area contributed by atoms with E-state index in [2.05, 4.69) is 10.1 Å². The Labute approximate surface area is 150 Å². The normalized spacial score (nSPS) is 10.5. The van der Waals surface area contributed by atoms with Crippen molar-refractivity contribution in [1.29, 1.82) is 0 Å². The third-order valence-electron chi connectivity index (χ3n) is 3.86. The summed E-state index contributed by atoms with van der Waals surface area (Å²) in [4.78, 5) is 12.3. The van der Waals surface area contributed by atoms with Crippen LogP contribution in [0.1, 0.15) is 21.5 Å². The fourth-order valence-corrected chi connectivity index (χ4v) is 2.48. The Morgan fingerprint density at radius 3 is 2.15 bits per heavy atom. The van der Waals surface area contributed by atoms with Crippen LogP contribution in [0.2, 0.25) is 0 Å². The van der Waals surface area contributed by atoms with Gasteiger partial charge in [-0.3, -0.25) is 4.79 Å². The monoisotopic (exact) mass is 365 g/mol. The Balaban J connectivity index is 1.94. The van der Waals surface area contributed by atoms with Crippen LogP contribution in [0.3, 0.4) is 0 Å². The number of ether oxygens (including phenoxy) is 3. The van der Waals surface area contributed by atoms with Gasteiger partial charge in [0.25, 0.3) is 5.91 Å². The summed E-state index contributed by atoms with van der Waals surface area (Å²) >= 11 is 0. The highest BCUT2D eigenvalue weighted by Gasteiger charge is 2.13. The SMILES string of the molecule is COc1cc(C(=O)NCCc2ccc(OC(F)F)cc2)cc(OC)c1C. The molecule has 2 aromatic rings. The maximum Gasteiger partial charge on any atom is 0.387 e. The zero-order valence-electron chi connectivity index (χ0n) is 14.8. The minimum atomic E-state index is -2.84. The predicted octanol–water partition coefficient (Wildman–Crippen LogP) is 3.59. The molecule has 26 heavy (non-hydrogen) atoms. The van der Waals surface area contributed by atoms with E-state index in [-0.39, 0.29) is 11.7 Å². The average molecular weight is 365 g/mol. The number of nitrogens with one attached hydrogen (secondary N) is 1. The lowest BCUT2D eigenvalue weighted by Gasteiger charge is -2.13. The zero-order chi connectivity index (χ0) is 19.1. The van der Waals surface area contributed by atoms with Crippen LogP contribution in [0.15, 0.2) is 36.4 Å². The second-order valence-electron chi connectivity index (χ2n) is 5.53. The predicted molar refractivity (Wildman–Crippen MR) is 93.4 cm³/mol. The molecule has 5 nitrogen and oxygen atoms in total. The molecule has 0 aliphatic carbocycles. The van der Waals surface area contributed by atoms with Gasteiger partial charge in [0.1, 0.15) is 17.2 Å². The van der Waals surface area contributed by atoms with Gasteiger partial charge in [-0.25, -0.2) is 0 Å². The molecule has 2 aromatic carbocycles. The summed E-state index contributed by atoms with van der Waals surface area (Å²) < 4.78 is 39.1. The summed E-state index contributed by atoms with van der Waals surface area (Å²) in [5.41, 5.74) is 2.15. The van der Waals surface area contributed by atoms with Gasteiger partial charge >= 0.3 is 6.61 Å². The summed E-state index contributed by atoms with van der Waals surface area (Å²) in [5, 5.41) is 2.82. The minimum Gasteiger partial charge on any atom is -0.496 e. The molecule has 1 amide bonds. The van der Waals surface area contributed by atoms with Crippen LogP contribution in [-0.2, 0) is 6.42 Å². The van der Waals surface area contributed by atoms with E-state index in [1.54, 1.807) is 24.3 Å². The summed E-state index contributed by atoms with van der Waals surface area (Å²) in [6, 6.07) is 9.62. The van der Waals surface area contributed by atoms with Gasteiger partial charge in [0.05, 0.1) is 14.2 Å². The van der Waals surface area contributed by atoms with Gasteiger partial charge in [-0.05, 0) is 43.2 Å². The summed E-state index contributed by atoms with van der Waals surface area (Å²) in [5.74, 6) is 0.999. The van der Waals surface area contributed by atoms with Gasteiger partial charge in [-0.2, -0.15) is 8.78 Å². The van der Waals surface area contributed by atoms with Crippen molar-refractivity contribution in [2.75, 3.05) is 20.8 Å². The molecule has 0 atom stereocenters. The fourth-order valence-electron chi connectivity index (χ4n) is 2.48. The first kappa shape index (κ1) is 19.5. The molecule has 0 unspecified atom stereocenters. The van der Waals surface area contributed by atoms with Crippen LogP contribution >= 0.6 is 0 Å². The molecule has 0 aliphatic rings. The smallest absolute Gasteiger partial charge is 0.387 e. The first-order chi connectivity index (χ1) is 12.4. The Morgan fingerprint density at radius 2 is 1.65 bits per heavy atom. The summed E-state index contributed by atoms with van der Waals surface area (Å²) in [7, 11) is 3.07. The van der Waals surface area contributed by atoms with Gasteiger partial charge in [0, 0.05) is 17.7 Å². The second kappa shape index (κ2) is 9.03. The molecule has 0 heterocycles. The van der Waals surface area contributed by atoms with Crippen molar-refractivity contribution in [3.8, 4) is 17.2 Å². The molecule has 0 bridgehead atoms. The molecule has 7 heteroatoms. The van der Waals surface area contributed by atoms with E-state index in [4.69, 9.17) is 9.47 Å². The number of methoxy groups -OCH3 is 2. The Kier molecular flexibility index (Phi) is 6.77. The number of rotatable bonds is 8. The van der Waals surface area contributed by atoms with E-state index < -0.39 is 6.61 Å². The van der Waals surface area contributed by atoms with Crippen LogP contribution in [0.4, 0.5) is 8.78 Å². The van der Waals surface area contributed by atoms with E-state index in [0.717, 1.165) is 11.1 Å². The molecule has 0 saturated heterocycles. The van der Waals surface area contributed by atoms with Crippen molar-refractivity contribution in [2.24, 2.45) is 0 Å². The minimum absolute atomic E-state index is 0.103. The third kappa shape index (κ3) is 5.08. The molecular formula is C19H21F2NO4. The van der Waals surface area contributed by atoms with Gasteiger partial charge in [-0.1, -0.05) is 12.1 Å². The Bertz CT molecular complexity index is 723. The number of hydrogen-bond acceptors (Lipinski definition) is 4. The molecule has 2 rings (SSSR count). The van der Waals surface area contributed by atoms with Crippen molar-refractivity contribution in [1.82, 2.24) is 5.32 Å². The highest BCUT2D eigenvalue weighted by atomic mass is 19.3. The van der Waals surface area contributed by atoms with Crippen molar-refractivity contribution in [3.63, 3.8) is 0 Å². The summed E-state index contributed by atoms with van der Waals surface area (Å²) in [6.07, 6.45) is 0.556. The van der Waals surface area contributed by atoms with Crippen molar-refractivity contribution in [3.05, 3.63) is 53.1 Å². The van der Waals surface area contributed by atoms with E-state index in [9.17, 15) is 13.6 Å². The van der Waals surface area contributed by atoms with Crippen molar-refractivity contribution in [2.45, 2.75) is 20.0 Å². The highest BCUT2D eigenvalue weighted by molar-refractivity contribution is 5.95.